The summed E-state index contributed by atoms with van der Waals surface area (Å²) in [5, 5.41) is 0. The highest BCUT2D eigenvalue weighted by atomic mass is 32.2. The molecule has 4 heteroatoms. The van der Waals surface area contributed by atoms with E-state index in [1.165, 1.54) is 0 Å². The first-order chi connectivity index (χ1) is 8.24. The SMILES string of the molecule is Cc1ccc(C(C)C)cc1S(=O)(=O)NCC(C)C. The first kappa shape index (κ1) is 15.2. The largest absolute Gasteiger partial charge is 0.240 e. The molecule has 1 rings (SSSR count). The van der Waals surface area contributed by atoms with E-state index in [2.05, 4.69) is 18.6 Å². The summed E-state index contributed by atoms with van der Waals surface area (Å²) in [6.07, 6.45) is 0. The summed E-state index contributed by atoms with van der Waals surface area (Å²) in [7, 11) is -3.39. The van der Waals surface area contributed by atoms with Gasteiger partial charge in [-0.2, -0.15) is 0 Å². The molecule has 0 spiro atoms. The third-order valence-electron chi connectivity index (χ3n) is 2.85. The molecule has 0 heterocycles. The van der Waals surface area contributed by atoms with Crippen LogP contribution in [-0.4, -0.2) is 15.0 Å². The van der Waals surface area contributed by atoms with Crippen molar-refractivity contribution in [2.75, 3.05) is 6.54 Å². The van der Waals surface area contributed by atoms with Gasteiger partial charge >= 0.3 is 0 Å². The van der Waals surface area contributed by atoms with E-state index in [1.54, 1.807) is 6.07 Å². The number of hydrogen-bond donors (Lipinski definition) is 1. The summed E-state index contributed by atoms with van der Waals surface area (Å²) < 4.78 is 27.1. The minimum Gasteiger partial charge on any atom is -0.211 e. The van der Waals surface area contributed by atoms with Gasteiger partial charge in [-0.3, -0.25) is 0 Å². The maximum Gasteiger partial charge on any atom is 0.240 e. The van der Waals surface area contributed by atoms with Gasteiger partial charge in [0.25, 0.3) is 0 Å². The molecule has 1 aromatic carbocycles. The van der Waals surface area contributed by atoms with Crippen LogP contribution in [0.4, 0.5) is 0 Å². The molecule has 0 aromatic heterocycles. The molecule has 0 saturated heterocycles. The fourth-order valence-corrected chi connectivity index (χ4v) is 3.11. The van der Waals surface area contributed by atoms with Crippen LogP contribution in [0.15, 0.2) is 23.1 Å². The van der Waals surface area contributed by atoms with Crippen molar-refractivity contribution in [1.82, 2.24) is 4.72 Å². The Hall–Kier alpha value is -0.870. The summed E-state index contributed by atoms with van der Waals surface area (Å²) >= 11 is 0. The molecule has 18 heavy (non-hydrogen) atoms. The van der Waals surface area contributed by atoms with Crippen LogP contribution < -0.4 is 4.72 Å². The quantitative estimate of drug-likeness (QED) is 0.893. The maximum atomic E-state index is 12.2. The van der Waals surface area contributed by atoms with Gasteiger partial charge in [-0.1, -0.05) is 39.8 Å². The fraction of sp³-hybridized carbons (Fsp3) is 0.571. The molecule has 0 aliphatic rings. The van der Waals surface area contributed by atoms with E-state index < -0.39 is 10.0 Å². The highest BCUT2D eigenvalue weighted by molar-refractivity contribution is 7.89. The van der Waals surface area contributed by atoms with Crippen molar-refractivity contribution >= 4 is 10.0 Å². The summed E-state index contributed by atoms with van der Waals surface area (Å²) in [5.74, 6) is 0.623. The second-order valence-electron chi connectivity index (χ2n) is 5.43. The van der Waals surface area contributed by atoms with Crippen molar-refractivity contribution in [2.24, 2.45) is 5.92 Å². The summed E-state index contributed by atoms with van der Waals surface area (Å²) in [6.45, 7) is 10.4. The van der Waals surface area contributed by atoms with Gasteiger partial charge in [0.1, 0.15) is 0 Å². The van der Waals surface area contributed by atoms with Crippen molar-refractivity contribution in [1.29, 1.82) is 0 Å². The third-order valence-corrected chi connectivity index (χ3v) is 4.42. The van der Waals surface area contributed by atoms with E-state index in [0.717, 1.165) is 11.1 Å². The predicted octanol–water partition coefficient (Wildman–Crippen LogP) is 3.05. The standard InChI is InChI=1S/C14H23NO2S/c1-10(2)9-15-18(16,17)14-8-13(11(3)4)7-6-12(14)5/h6-8,10-11,15H,9H2,1-5H3. The van der Waals surface area contributed by atoms with Crippen molar-refractivity contribution in [3.63, 3.8) is 0 Å². The molecule has 0 aliphatic carbocycles. The van der Waals surface area contributed by atoms with E-state index >= 15 is 0 Å². The van der Waals surface area contributed by atoms with E-state index in [-0.39, 0.29) is 0 Å². The molecule has 1 aromatic rings. The smallest absolute Gasteiger partial charge is 0.211 e. The van der Waals surface area contributed by atoms with Crippen LogP contribution in [0.2, 0.25) is 0 Å². The summed E-state index contributed by atoms with van der Waals surface area (Å²) in [6, 6.07) is 5.64. The molecule has 0 saturated carbocycles. The van der Waals surface area contributed by atoms with Gasteiger partial charge in [0, 0.05) is 6.54 Å². The van der Waals surface area contributed by atoms with Crippen LogP contribution in [-0.2, 0) is 10.0 Å². The fourth-order valence-electron chi connectivity index (χ4n) is 1.62. The Balaban J connectivity index is 3.11. The second kappa shape index (κ2) is 5.85. The van der Waals surface area contributed by atoms with E-state index in [1.807, 2.05) is 32.9 Å². The van der Waals surface area contributed by atoms with Gasteiger partial charge in [0.05, 0.1) is 4.90 Å². The zero-order chi connectivity index (χ0) is 13.9. The van der Waals surface area contributed by atoms with Gasteiger partial charge in [0.2, 0.25) is 10.0 Å². The lowest BCUT2D eigenvalue weighted by atomic mass is 10.0. The predicted molar refractivity (Wildman–Crippen MR) is 75.3 cm³/mol. The number of hydrogen-bond acceptors (Lipinski definition) is 2. The monoisotopic (exact) mass is 269 g/mol. The Morgan fingerprint density at radius 1 is 1.17 bits per heavy atom. The highest BCUT2D eigenvalue weighted by Crippen LogP contribution is 2.22. The lowest BCUT2D eigenvalue weighted by Crippen LogP contribution is -2.28. The summed E-state index contributed by atoms with van der Waals surface area (Å²) in [5.41, 5.74) is 1.83. The Kier molecular flexibility index (Phi) is 4.93. The van der Waals surface area contributed by atoms with Gasteiger partial charge in [0.15, 0.2) is 0 Å². The Labute approximate surface area is 111 Å². The van der Waals surface area contributed by atoms with E-state index in [4.69, 9.17) is 0 Å². The minimum absolute atomic E-state index is 0.299. The molecule has 1 N–H and O–H groups in total. The first-order valence-electron chi connectivity index (χ1n) is 6.34. The molecule has 0 radical (unpaired) electrons. The van der Waals surface area contributed by atoms with Gasteiger partial charge in [-0.05, 0) is 36.0 Å². The highest BCUT2D eigenvalue weighted by Gasteiger charge is 2.17. The molecular weight excluding hydrogens is 246 g/mol. The van der Waals surface area contributed by atoms with Crippen molar-refractivity contribution in [3.8, 4) is 0 Å². The normalized spacial score (nSPS) is 12.4. The average Bonchev–Trinajstić information content (AvgIpc) is 2.26. The Bertz CT molecular complexity index is 505. The molecule has 0 bridgehead atoms. The minimum atomic E-state index is -3.39. The molecule has 0 unspecified atom stereocenters. The number of nitrogens with one attached hydrogen (secondary N) is 1. The molecule has 0 atom stereocenters. The van der Waals surface area contributed by atoms with Crippen LogP contribution in [0.5, 0.6) is 0 Å². The lowest BCUT2D eigenvalue weighted by molar-refractivity contribution is 0.559. The van der Waals surface area contributed by atoms with Crippen LogP contribution in [0, 0.1) is 12.8 Å². The number of aryl methyl sites for hydroxylation is 1. The van der Waals surface area contributed by atoms with Gasteiger partial charge in [-0.25, -0.2) is 13.1 Å². The van der Waals surface area contributed by atoms with Crippen LogP contribution in [0.3, 0.4) is 0 Å². The lowest BCUT2D eigenvalue weighted by Gasteiger charge is -2.13. The molecule has 0 aliphatic heterocycles. The molecular formula is C14H23NO2S. The van der Waals surface area contributed by atoms with Crippen molar-refractivity contribution in [3.05, 3.63) is 29.3 Å². The number of sulfonamides is 1. The van der Waals surface area contributed by atoms with Crippen molar-refractivity contribution < 1.29 is 8.42 Å². The van der Waals surface area contributed by atoms with Gasteiger partial charge < -0.3 is 0 Å². The zero-order valence-corrected chi connectivity index (χ0v) is 12.6. The number of benzene rings is 1. The average molecular weight is 269 g/mol. The van der Waals surface area contributed by atoms with Crippen LogP contribution in [0.25, 0.3) is 0 Å². The van der Waals surface area contributed by atoms with Gasteiger partial charge in [-0.15, -0.1) is 0 Å². The Morgan fingerprint density at radius 3 is 2.28 bits per heavy atom. The first-order valence-corrected chi connectivity index (χ1v) is 7.82. The molecule has 102 valence electrons. The molecule has 3 nitrogen and oxygen atoms in total. The zero-order valence-electron chi connectivity index (χ0n) is 11.8. The summed E-state index contributed by atoms with van der Waals surface area (Å²) in [4.78, 5) is 0.398. The third kappa shape index (κ3) is 3.82. The molecule has 0 amide bonds. The van der Waals surface area contributed by atoms with Crippen LogP contribution >= 0.6 is 0 Å². The topological polar surface area (TPSA) is 46.2 Å². The van der Waals surface area contributed by atoms with E-state index in [9.17, 15) is 8.42 Å². The second-order valence-corrected chi connectivity index (χ2v) is 7.16. The number of rotatable bonds is 5. The van der Waals surface area contributed by atoms with Crippen molar-refractivity contribution in [2.45, 2.75) is 45.4 Å². The maximum absolute atomic E-state index is 12.2. The molecule has 0 fully saturated rings. The van der Waals surface area contributed by atoms with E-state index in [0.29, 0.717) is 23.3 Å². The Morgan fingerprint density at radius 2 is 1.78 bits per heavy atom. The van der Waals surface area contributed by atoms with Crippen LogP contribution in [0.1, 0.15) is 44.7 Å².